The Morgan fingerprint density at radius 3 is 2.57 bits per heavy atom. The lowest BCUT2D eigenvalue weighted by Gasteiger charge is -2.32. The van der Waals surface area contributed by atoms with Crippen molar-refractivity contribution in [1.82, 2.24) is 20.0 Å². The highest BCUT2D eigenvalue weighted by Crippen LogP contribution is 2.24. The van der Waals surface area contributed by atoms with E-state index in [-0.39, 0.29) is 12.1 Å². The minimum Gasteiger partial charge on any atom is -0.492 e. The molecule has 0 bridgehead atoms. The molecule has 0 aliphatic carbocycles. The Kier molecular flexibility index (Phi) is 6.55. The van der Waals surface area contributed by atoms with Gasteiger partial charge in [0.1, 0.15) is 12.4 Å². The van der Waals surface area contributed by atoms with Crippen molar-refractivity contribution < 1.29 is 9.53 Å². The zero-order valence-corrected chi connectivity index (χ0v) is 18.0. The summed E-state index contributed by atoms with van der Waals surface area (Å²) in [4.78, 5) is 19.1. The zero-order chi connectivity index (χ0) is 20.9. The Hall–Kier alpha value is -2.57. The van der Waals surface area contributed by atoms with E-state index in [0.29, 0.717) is 19.7 Å². The molecule has 0 unspecified atom stereocenters. The summed E-state index contributed by atoms with van der Waals surface area (Å²) in [6, 6.07) is 16.4. The smallest absolute Gasteiger partial charge is 0.318 e. The molecule has 6 nitrogen and oxygen atoms in total. The highest BCUT2D eigenvalue weighted by atomic mass is 16.5. The van der Waals surface area contributed by atoms with E-state index in [0.717, 1.165) is 55.2 Å². The molecule has 4 rings (SSSR count). The van der Waals surface area contributed by atoms with Gasteiger partial charge in [-0.3, -0.25) is 4.90 Å². The molecule has 30 heavy (non-hydrogen) atoms. The number of ether oxygens (including phenoxy) is 1. The molecule has 0 spiro atoms. The second-order valence-corrected chi connectivity index (χ2v) is 8.39. The van der Waals surface area contributed by atoms with Crippen LogP contribution in [0.5, 0.6) is 5.75 Å². The van der Waals surface area contributed by atoms with Gasteiger partial charge in [-0.05, 0) is 36.7 Å². The Labute approximate surface area is 179 Å². The average molecular weight is 409 g/mol. The molecular weight excluding hydrogens is 376 g/mol. The van der Waals surface area contributed by atoms with Gasteiger partial charge in [-0.25, -0.2) is 4.79 Å². The SMILES string of the molecule is Cc1cc(CN2C[C@H](c3ccccc3)NC2=O)ccc1OCCN1CCN(C)CC1. The maximum atomic E-state index is 12.4. The fraction of sp³-hybridized carbons (Fsp3) is 0.458. The quantitative estimate of drug-likeness (QED) is 0.765. The predicted octanol–water partition coefficient (Wildman–Crippen LogP) is 2.89. The van der Waals surface area contributed by atoms with E-state index in [9.17, 15) is 4.79 Å². The maximum Gasteiger partial charge on any atom is 0.318 e. The van der Waals surface area contributed by atoms with E-state index in [1.807, 2.05) is 29.2 Å². The molecule has 0 aromatic heterocycles. The second-order valence-electron chi connectivity index (χ2n) is 8.39. The number of carbonyl (C=O) groups is 1. The third-order valence-electron chi connectivity index (χ3n) is 6.06. The number of nitrogens with zero attached hydrogens (tertiary/aromatic N) is 3. The zero-order valence-electron chi connectivity index (χ0n) is 18.0. The topological polar surface area (TPSA) is 48.1 Å². The molecule has 2 aliphatic heterocycles. The number of hydrogen-bond acceptors (Lipinski definition) is 4. The number of rotatable bonds is 7. The van der Waals surface area contributed by atoms with Crippen LogP contribution in [0, 0.1) is 6.92 Å². The van der Waals surface area contributed by atoms with E-state index in [2.05, 4.69) is 53.4 Å². The summed E-state index contributed by atoms with van der Waals surface area (Å²) in [7, 11) is 2.17. The van der Waals surface area contributed by atoms with Crippen LogP contribution in [0.25, 0.3) is 0 Å². The minimum absolute atomic E-state index is 0.00555. The van der Waals surface area contributed by atoms with Gasteiger partial charge < -0.3 is 19.9 Å². The lowest BCUT2D eigenvalue weighted by atomic mass is 10.1. The predicted molar refractivity (Wildman–Crippen MR) is 119 cm³/mol. The van der Waals surface area contributed by atoms with Gasteiger partial charge in [0.15, 0.2) is 0 Å². The fourth-order valence-corrected chi connectivity index (χ4v) is 4.15. The second kappa shape index (κ2) is 9.49. The average Bonchev–Trinajstić information content (AvgIpc) is 3.12. The normalized spacial score (nSPS) is 20.4. The maximum absolute atomic E-state index is 12.4. The third kappa shape index (κ3) is 5.12. The first-order valence-corrected chi connectivity index (χ1v) is 10.8. The number of hydrogen-bond donors (Lipinski definition) is 1. The van der Waals surface area contributed by atoms with Crippen molar-refractivity contribution in [3.05, 3.63) is 65.2 Å². The van der Waals surface area contributed by atoms with Crippen molar-refractivity contribution in [2.24, 2.45) is 0 Å². The van der Waals surface area contributed by atoms with Crippen molar-refractivity contribution in [2.45, 2.75) is 19.5 Å². The molecule has 2 aliphatic rings. The van der Waals surface area contributed by atoms with Gasteiger partial charge >= 0.3 is 6.03 Å². The van der Waals surface area contributed by atoms with Crippen LogP contribution in [-0.2, 0) is 6.54 Å². The number of piperazine rings is 1. The van der Waals surface area contributed by atoms with Crippen LogP contribution >= 0.6 is 0 Å². The summed E-state index contributed by atoms with van der Waals surface area (Å²) in [6.45, 7) is 9.51. The lowest BCUT2D eigenvalue weighted by molar-refractivity contribution is 0.133. The summed E-state index contributed by atoms with van der Waals surface area (Å²) in [6.07, 6.45) is 0. The molecular formula is C24H32N4O2. The lowest BCUT2D eigenvalue weighted by Crippen LogP contribution is -2.45. The molecule has 1 atom stereocenters. The van der Waals surface area contributed by atoms with Crippen LogP contribution in [0.3, 0.4) is 0 Å². The van der Waals surface area contributed by atoms with Crippen molar-refractivity contribution >= 4 is 6.03 Å². The summed E-state index contributed by atoms with van der Waals surface area (Å²) in [5.41, 5.74) is 3.39. The van der Waals surface area contributed by atoms with E-state index >= 15 is 0 Å². The van der Waals surface area contributed by atoms with E-state index in [1.54, 1.807) is 0 Å². The molecule has 2 aromatic carbocycles. The number of carbonyl (C=O) groups excluding carboxylic acids is 1. The molecule has 160 valence electrons. The van der Waals surface area contributed by atoms with Crippen LogP contribution in [-0.4, -0.2) is 73.7 Å². The van der Waals surface area contributed by atoms with Gasteiger partial charge in [0.2, 0.25) is 0 Å². The summed E-state index contributed by atoms with van der Waals surface area (Å²) >= 11 is 0. The molecule has 0 radical (unpaired) electrons. The van der Waals surface area contributed by atoms with Crippen LogP contribution in [0.4, 0.5) is 4.79 Å². The molecule has 2 fully saturated rings. The number of amides is 2. The van der Waals surface area contributed by atoms with E-state index in [1.165, 1.54) is 0 Å². The van der Waals surface area contributed by atoms with Gasteiger partial charge in [-0.2, -0.15) is 0 Å². The number of likely N-dealkylation sites (N-methyl/N-ethyl adjacent to an activating group) is 1. The Bertz CT molecular complexity index is 850. The van der Waals surface area contributed by atoms with Gasteiger partial charge in [-0.1, -0.05) is 42.5 Å². The first kappa shape index (κ1) is 20.7. The molecule has 2 aromatic rings. The summed E-state index contributed by atoms with van der Waals surface area (Å²) < 4.78 is 6.04. The molecule has 2 amide bonds. The van der Waals surface area contributed by atoms with Crippen LogP contribution in [0.2, 0.25) is 0 Å². The molecule has 2 saturated heterocycles. The van der Waals surface area contributed by atoms with Gasteiger partial charge in [-0.15, -0.1) is 0 Å². The molecule has 1 N–H and O–H groups in total. The fourth-order valence-electron chi connectivity index (χ4n) is 4.15. The molecule has 6 heteroatoms. The van der Waals surface area contributed by atoms with Crippen LogP contribution in [0.15, 0.2) is 48.5 Å². The molecule has 0 saturated carbocycles. The van der Waals surface area contributed by atoms with Crippen molar-refractivity contribution in [3.8, 4) is 5.75 Å². The van der Waals surface area contributed by atoms with Crippen molar-refractivity contribution in [3.63, 3.8) is 0 Å². The minimum atomic E-state index is -0.00555. The summed E-state index contributed by atoms with van der Waals surface area (Å²) in [5, 5.41) is 3.08. The standard InChI is InChI=1S/C24H32N4O2/c1-19-16-20(8-9-23(19)30-15-14-27-12-10-26(2)11-13-27)17-28-18-22(25-24(28)29)21-6-4-3-5-7-21/h3-9,16,22H,10-15,17-18H2,1-2H3,(H,25,29)/t22-/m1/s1. The number of urea groups is 1. The highest BCUT2D eigenvalue weighted by Gasteiger charge is 2.29. The Balaban J connectivity index is 1.28. The van der Waals surface area contributed by atoms with E-state index < -0.39 is 0 Å². The van der Waals surface area contributed by atoms with Gasteiger partial charge in [0, 0.05) is 45.8 Å². The number of aryl methyl sites for hydroxylation is 1. The van der Waals surface area contributed by atoms with Crippen LogP contribution < -0.4 is 10.1 Å². The molecule has 2 heterocycles. The first-order valence-electron chi connectivity index (χ1n) is 10.8. The number of nitrogens with one attached hydrogen (secondary N) is 1. The largest absolute Gasteiger partial charge is 0.492 e. The van der Waals surface area contributed by atoms with Gasteiger partial charge in [0.25, 0.3) is 0 Å². The van der Waals surface area contributed by atoms with Crippen molar-refractivity contribution in [1.29, 1.82) is 0 Å². The summed E-state index contributed by atoms with van der Waals surface area (Å²) in [5.74, 6) is 0.931. The number of benzene rings is 2. The van der Waals surface area contributed by atoms with E-state index in [4.69, 9.17) is 4.74 Å². The van der Waals surface area contributed by atoms with Crippen molar-refractivity contribution in [2.75, 3.05) is 52.9 Å². The Morgan fingerprint density at radius 1 is 1.07 bits per heavy atom. The highest BCUT2D eigenvalue weighted by molar-refractivity contribution is 5.77. The monoisotopic (exact) mass is 408 g/mol. The first-order chi connectivity index (χ1) is 14.6. The van der Waals surface area contributed by atoms with Gasteiger partial charge in [0.05, 0.1) is 6.04 Å². The Morgan fingerprint density at radius 2 is 1.83 bits per heavy atom. The van der Waals surface area contributed by atoms with Crippen LogP contribution in [0.1, 0.15) is 22.7 Å². The third-order valence-corrected chi connectivity index (χ3v) is 6.06.